The lowest BCUT2D eigenvalue weighted by molar-refractivity contribution is -0.137. The molecule has 0 saturated heterocycles. The van der Waals surface area contributed by atoms with Gasteiger partial charge in [0, 0.05) is 0 Å². The molecule has 0 N–H and O–H groups in total. The lowest BCUT2D eigenvalue weighted by atomic mass is 10.0. The molecule has 0 aromatic heterocycles. The molecule has 0 unspecified atom stereocenters. The zero-order valence-corrected chi connectivity index (χ0v) is 12.1. The molecule has 2 rings (SSSR count). The standard InChI is InChI=1S/C17H14F3NO/c1-11(2)22-16-7-6-13(8-14(16)10-21)12-4-3-5-15(9-12)17(18,19)20/h3-9,11H,1-2H3. The van der Waals surface area contributed by atoms with Crippen molar-refractivity contribution in [3.8, 4) is 22.9 Å². The molecular formula is C17H14F3NO. The molecule has 0 saturated carbocycles. The van der Waals surface area contributed by atoms with E-state index < -0.39 is 11.7 Å². The van der Waals surface area contributed by atoms with Gasteiger partial charge in [-0.25, -0.2) is 0 Å². The van der Waals surface area contributed by atoms with Crippen molar-refractivity contribution in [3.63, 3.8) is 0 Å². The summed E-state index contributed by atoms with van der Waals surface area (Å²) in [6, 6.07) is 11.8. The number of halogens is 3. The maximum absolute atomic E-state index is 12.8. The Morgan fingerprint density at radius 2 is 1.73 bits per heavy atom. The molecule has 0 amide bonds. The van der Waals surface area contributed by atoms with Crippen LogP contribution in [-0.2, 0) is 6.18 Å². The van der Waals surface area contributed by atoms with E-state index in [0.717, 1.165) is 12.1 Å². The second-order valence-electron chi connectivity index (χ2n) is 5.07. The Labute approximate surface area is 126 Å². The smallest absolute Gasteiger partial charge is 0.416 e. The van der Waals surface area contributed by atoms with Crippen molar-refractivity contribution in [2.24, 2.45) is 0 Å². The Morgan fingerprint density at radius 1 is 1.05 bits per heavy atom. The summed E-state index contributed by atoms with van der Waals surface area (Å²) in [7, 11) is 0. The number of ether oxygens (including phenoxy) is 1. The molecule has 2 aromatic carbocycles. The third kappa shape index (κ3) is 3.59. The highest BCUT2D eigenvalue weighted by molar-refractivity contribution is 5.68. The Balaban J connectivity index is 2.44. The first-order chi connectivity index (χ1) is 10.3. The molecule has 0 spiro atoms. The van der Waals surface area contributed by atoms with E-state index >= 15 is 0 Å². The van der Waals surface area contributed by atoms with Gasteiger partial charge in [0.15, 0.2) is 0 Å². The highest BCUT2D eigenvalue weighted by atomic mass is 19.4. The van der Waals surface area contributed by atoms with Crippen molar-refractivity contribution in [1.82, 2.24) is 0 Å². The van der Waals surface area contributed by atoms with E-state index in [9.17, 15) is 18.4 Å². The normalized spacial score (nSPS) is 11.3. The van der Waals surface area contributed by atoms with Crippen LogP contribution in [0, 0.1) is 11.3 Å². The molecule has 2 nitrogen and oxygen atoms in total. The van der Waals surface area contributed by atoms with Gasteiger partial charge in [-0.3, -0.25) is 0 Å². The number of nitrogens with zero attached hydrogens (tertiary/aromatic N) is 1. The molecule has 22 heavy (non-hydrogen) atoms. The van der Waals surface area contributed by atoms with Gasteiger partial charge in [0.25, 0.3) is 0 Å². The molecule has 0 bridgehead atoms. The van der Waals surface area contributed by atoms with Gasteiger partial charge in [-0.1, -0.05) is 18.2 Å². The van der Waals surface area contributed by atoms with Gasteiger partial charge < -0.3 is 4.74 Å². The summed E-state index contributed by atoms with van der Waals surface area (Å²) in [5.74, 6) is 0.424. The maximum Gasteiger partial charge on any atom is 0.416 e. The largest absolute Gasteiger partial charge is 0.490 e. The lowest BCUT2D eigenvalue weighted by Crippen LogP contribution is -2.07. The number of alkyl halides is 3. The molecular weight excluding hydrogens is 291 g/mol. The summed E-state index contributed by atoms with van der Waals surface area (Å²) < 4.78 is 43.8. The zero-order valence-electron chi connectivity index (χ0n) is 12.1. The highest BCUT2D eigenvalue weighted by Gasteiger charge is 2.30. The van der Waals surface area contributed by atoms with Gasteiger partial charge in [-0.2, -0.15) is 18.4 Å². The van der Waals surface area contributed by atoms with Gasteiger partial charge in [0.2, 0.25) is 0 Å². The third-order valence-electron chi connectivity index (χ3n) is 2.99. The van der Waals surface area contributed by atoms with Gasteiger partial charge in [-0.15, -0.1) is 0 Å². The van der Waals surface area contributed by atoms with Crippen LogP contribution in [0.25, 0.3) is 11.1 Å². The molecule has 0 atom stereocenters. The Kier molecular flexibility index (Phi) is 4.41. The maximum atomic E-state index is 12.8. The fourth-order valence-electron chi connectivity index (χ4n) is 2.03. The minimum atomic E-state index is -4.39. The van der Waals surface area contributed by atoms with Gasteiger partial charge >= 0.3 is 6.18 Å². The monoisotopic (exact) mass is 305 g/mol. The SMILES string of the molecule is CC(C)Oc1ccc(-c2cccc(C(F)(F)F)c2)cc1C#N. The molecule has 0 aliphatic heterocycles. The zero-order chi connectivity index (χ0) is 16.3. The second kappa shape index (κ2) is 6.10. The average molecular weight is 305 g/mol. The topological polar surface area (TPSA) is 33.0 Å². The van der Waals surface area contributed by atoms with Gasteiger partial charge in [0.1, 0.15) is 11.8 Å². The molecule has 0 aliphatic carbocycles. The summed E-state index contributed by atoms with van der Waals surface area (Å²) >= 11 is 0. The van der Waals surface area contributed by atoms with Crippen molar-refractivity contribution in [3.05, 3.63) is 53.6 Å². The van der Waals surface area contributed by atoms with E-state index in [1.807, 2.05) is 19.9 Å². The fraction of sp³-hybridized carbons (Fsp3) is 0.235. The van der Waals surface area contributed by atoms with Crippen molar-refractivity contribution < 1.29 is 17.9 Å². The highest BCUT2D eigenvalue weighted by Crippen LogP contribution is 2.33. The quantitative estimate of drug-likeness (QED) is 0.796. The van der Waals surface area contributed by atoms with Crippen LogP contribution in [-0.4, -0.2) is 6.10 Å². The lowest BCUT2D eigenvalue weighted by Gasteiger charge is -2.13. The molecule has 0 heterocycles. The molecule has 0 fully saturated rings. The minimum absolute atomic E-state index is 0.0912. The van der Waals surface area contributed by atoms with Crippen LogP contribution in [0.5, 0.6) is 5.75 Å². The third-order valence-corrected chi connectivity index (χ3v) is 2.99. The Hall–Kier alpha value is -2.48. The van der Waals surface area contributed by atoms with E-state index in [1.165, 1.54) is 12.1 Å². The van der Waals surface area contributed by atoms with Crippen molar-refractivity contribution in [1.29, 1.82) is 5.26 Å². The predicted molar refractivity (Wildman–Crippen MR) is 77.4 cm³/mol. The number of benzene rings is 2. The first kappa shape index (κ1) is 15.9. The Bertz CT molecular complexity index is 715. The van der Waals surface area contributed by atoms with E-state index in [0.29, 0.717) is 22.4 Å². The fourth-order valence-corrected chi connectivity index (χ4v) is 2.03. The molecule has 0 aliphatic rings. The van der Waals surface area contributed by atoms with E-state index in [-0.39, 0.29) is 6.10 Å². The molecule has 2 aromatic rings. The van der Waals surface area contributed by atoms with Gasteiger partial charge in [0.05, 0.1) is 17.2 Å². The van der Waals surface area contributed by atoms with E-state index in [1.54, 1.807) is 18.2 Å². The van der Waals surface area contributed by atoms with Crippen LogP contribution in [0.4, 0.5) is 13.2 Å². The summed E-state index contributed by atoms with van der Waals surface area (Å²) in [5.41, 5.74) is 0.524. The number of hydrogen-bond acceptors (Lipinski definition) is 2. The number of hydrogen-bond donors (Lipinski definition) is 0. The van der Waals surface area contributed by atoms with E-state index in [4.69, 9.17) is 4.74 Å². The molecule has 5 heteroatoms. The average Bonchev–Trinajstić information content (AvgIpc) is 2.46. The number of rotatable bonds is 3. The second-order valence-corrected chi connectivity index (χ2v) is 5.07. The van der Waals surface area contributed by atoms with Crippen molar-refractivity contribution in [2.45, 2.75) is 26.1 Å². The predicted octanol–water partition coefficient (Wildman–Crippen LogP) is 5.03. The summed E-state index contributed by atoms with van der Waals surface area (Å²) in [6.45, 7) is 3.67. The minimum Gasteiger partial charge on any atom is -0.490 e. The summed E-state index contributed by atoms with van der Waals surface area (Å²) in [6.07, 6.45) is -4.49. The molecule has 114 valence electrons. The van der Waals surface area contributed by atoms with Crippen molar-refractivity contribution in [2.75, 3.05) is 0 Å². The summed E-state index contributed by atoms with van der Waals surface area (Å²) in [4.78, 5) is 0. The Morgan fingerprint density at radius 3 is 2.32 bits per heavy atom. The van der Waals surface area contributed by atoms with Crippen LogP contribution >= 0.6 is 0 Å². The van der Waals surface area contributed by atoms with Crippen LogP contribution in [0.2, 0.25) is 0 Å². The first-order valence-electron chi connectivity index (χ1n) is 6.69. The first-order valence-corrected chi connectivity index (χ1v) is 6.69. The van der Waals surface area contributed by atoms with Crippen molar-refractivity contribution >= 4 is 0 Å². The van der Waals surface area contributed by atoms with Crippen LogP contribution < -0.4 is 4.74 Å². The van der Waals surface area contributed by atoms with Crippen LogP contribution in [0.3, 0.4) is 0 Å². The molecule has 0 radical (unpaired) electrons. The summed E-state index contributed by atoms with van der Waals surface area (Å²) in [5, 5.41) is 9.18. The van der Waals surface area contributed by atoms with Crippen LogP contribution in [0.1, 0.15) is 25.0 Å². The van der Waals surface area contributed by atoms with Crippen LogP contribution in [0.15, 0.2) is 42.5 Å². The van der Waals surface area contributed by atoms with E-state index in [2.05, 4.69) is 0 Å². The number of nitriles is 1. The van der Waals surface area contributed by atoms with Gasteiger partial charge in [-0.05, 0) is 49.2 Å².